The highest BCUT2D eigenvalue weighted by Crippen LogP contribution is 2.30. The first kappa shape index (κ1) is 23.5. The topological polar surface area (TPSA) is 100 Å². The molecule has 0 aliphatic carbocycles. The lowest BCUT2D eigenvalue weighted by Crippen LogP contribution is -2.26. The summed E-state index contributed by atoms with van der Waals surface area (Å²) in [5.74, 6) is -0.443. The number of amides is 1. The second-order valence-electron chi connectivity index (χ2n) is 8.27. The molecule has 1 fully saturated rings. The van der Waals surface area contributed by atoms with Gasteiger partial charge < -0.3 is 15.0 Å². The minimum absolute atomic E-state index is 0.0876. The molecule has 1 aliphatic rings. The van der Waals surface area contributed by atoms with E-state index in [1.165, 1.54) is 12.3 Å². The van der Waals surface area contributed by atoms with Gasteiger partial charge in [0.25, 0.3) is 11.5 Å². The second-order valence-corrected chi connectivity index (χ2v) is 8.65. The van der Waals surface area contributed by atoms with E-state index in [4.69, 9.17) is 16.3 Å². The van der Waals surface area contributed by atoms with Crippen molar-refractivity contribution in [1.82, 2.24) is 15.2 Å². The third-order valence-corrected chi connectivity index (χ3v) is 6.22. The molecule has 36 heavy (non-hydrogen) atoms. The van der Waals surface area contributed by atoms with Crippen LogP contribution >= 0.6 is 11.6 Å². The maximum atomic E-state index is 15.0. The Morgan fingerprint density at radius 1 is 1.17 bits per heavy atom. The van der Waals surface area contributed by atoms with Gasteiger partial charge in [-0.05, 0) is 42.0 Å². The van der Waals surface area contributed by atoms with Gasteiger partial charge in [0.1, 0.15) is 16.9 Å². The van der Waals surface area contributed by atoms with Gasteiger partial charge in [-0.15, -0.1) is 0 Å². The van der Waals surface area contributed by atoms with Crippen LogP contribution in [0, 0.1) is 5.82 Å². The summed E-state index contributed by atoms with van der Waals surface area (Å²) in [4.78, 5) is 30.3. The van der Waals surface area contributed by atoms with Gasteiger partial charge >= 0.3 is 0 Å². The zero-order valence-corrected chi connectivity index (χ0v) is 19.7. The second kappa shape index (κ2) is 10.2. The van der Waals surface area contributed by atoms with Crippen LogP contribution in [0.4, 0.5) is 15.8 Å². The van der Waals surface area contributed by atoms with Crippen molar-refractivity contribution in [3.8, 4) is 17.0 Å². The number of H-pyrrole nitrogens is 1. The number of halogens is 2. The van der Waals surface area contributed by atoms with Crippen LogP contribution in [0.2, 0.25) is 5.02 Å². The summed E-state index contributed by atoms with van der Waals surface area (Å²) in [6.45, 7) is 1.14. The van der Waals surface area contributed by atoms with E-state index >= 15 is 0 Å². The molecule has 0 radical (unpaired) electrons. The van der Waals surface area contributed by atoms with Gasteiger partial charge in [0.2, 0.25) is 5.88 Å². The van der Waals surface area contributed by atoms with Crippen molar-refractivity contribution in [2.45, 2.75) is 12.5 Å². The van der Waals surface area contributed by atoms with Crippen molar-refractivity contribution < 1.29 is 13.9 Å². The van der Waals surface area contributed by atoms with Gasteiger partial charge in [0.15, 0.2) is 0 Å². The molecule has 1 saturated heterocycles. The molecule has 2 aromatic heterocycles. The number of hydrogen-bond acceptors (Lipinski definition) is 6. The molecule has 4 aromatic rings. The lowest BCUT2D eigenvalue weighted by atomic mass is 10.1. The Morgan fingerprint density at radius 3 is 2.81 bits per heavy atom. The van der Waals surface area contributed by atoms with Crippen molar-refractivity contribution >= 4 is 28.9 Å². The number of aromatic amines is 1. The first-order chi connectivity index (χ1) is 17.5. The molecule has 5 rings (SSSR count). The number of carbonyl (C=O) groups excluding carboxylic acids is 1. The van der Waals surface area contributed by atoms with Gasteiger partial charge in [-0.1, -0.05) is 29.8 Å². The quantitative estimate of drug-likeness (QED) is 0.399. The summed E-state index contributed by atoms with van der Waals surface area (Å²) in [5.41, 5.74) is 1.90. The Kier molecular flexibility index (Phi) is 6.64. The number of nitrogens with zero attached hydrogens (tertiary/aromatic N) is 3. The molecule has 0 saturated carbocycles. The molecule has 0 bridgehead atoms. The van der Waals surface area contributed by atoms with Gasteiger partial charge in [0.05, 0.1) is 18.4 Å². The van der Waals surface area contributed by atoms with Gasteiger partial charge in [-0.25, -0.2) is 14.5 Å². The summed E-state index contributed by atoms with van der Waals surface area (Å²) in [6, 6.07) is 16.6. The van der Waals surface area contributed by atoms with Crippen molar-refractivity contribution in [2.75, 3.05) is 23.3 Å². The number of pyridine rings is 1. The van der Waals surface area contributed by atoms with E-state index in [1.807, 2.05) is 11.0 Å². The van der Waals surface area contributed by atoms with Crippen molar-refractivity contribution in [2.24, 2.45) is 0 Å². The molecular weight excluding hydrogens is 485 g/mol. The van der Waals surface area contributed by atoms with Crippen LogP contribution in [-0.2, 0) is 0 Å². The number of aromatic nitrogens is 3. The fraction of sp³-hybridized carbons (Fsp3) is 0.154. The SMILES string of the molecule is O=C(Nc1ccc(-c2ccnc(OC3CCN(c4cn[nH]c(=O)c4Cl)C3)c2)c(F)c1)c1ccccc1. The third kappa shape index (κ3) is 5.06. The summed E-state index contributed by atoms with van der Waals surface area (Å²) in [5, 5.41) is 8.91. The van der Waals surface area contributed by atoms with Gasteiger partial charge in [-0.2, -0.15) is 5.10 Å². The predicted molar refractivity (Wildman–Crippen MR) is 135 cm³/mol. The molecule has 1 aliphatic heterocycles. The summed E-state index contributed by atoms with van der Waals surface area (Å²) < 4.78 is 21.0. The molecule has 8 nitrogen and oxygen atoms in total. The fourth-order valence-corrected chi connectivity index (χ4v) is 4.28. The summed E-state index contributed by atoms with van der Waals surface area (Å²) in [7, 11) is 0. The largest absolute Gasteiger partial charge is 0.472 e. The molecule has 2 aromatic carbocycles. The Bertz CT molecular complexity index is 1460. The van der Waals surface area contributed by atoms with Crippen molar-refractivity contribution in [3.05, 3.63) is 99.8 Å². The zero-order valence-electron chi connectivity index (χ0n) is 18.9. The number of hydrogen-bond donors (Lipinski definition) is 2. The van der Waals surface area contributed by atoms with E-state index in [1.54, 1.807) is 54.7 Å². The fourth-order valence-electron chi connectivity index (χ4n) is 4.07. The minimum atomic E-state index is -0.485. The normalized spacial score (nSPS) is 15.1. The molecule has 2 N–H and O–H groups in total. The first-order valence-electron chi connectivity index (χ1n) is 11.2. The van der Waals surface area contributed by atoms with Crippen LogP contribution in [0.15, 0.2) is 77.9 Å². The van der Waals surface area contributed by atoms with Crippen LogP contribution in [0.3, 0.4) is 0 Å². The molecule has 1 amide bonds. The Balaban J connectivity index is 1.27. The molecule has 182 valence electrons. The van der Waals surface area contributed by atoms with Crippen LogP contribution in [0.25, 0.3) is 11.1 Å². The summed E-state index contributed by atoms with van der Waals surface area (Å²) >= 11 is 6.12. The molecule has 3 heterocycles. The van der Waals surface area contributed by atoms with Gasteiger partial charge in [-0.3, -0.25) is 9.59 Å². The molecular formula is C26H21ClFN5O3. The predicted octanol–water partition coefficient (Wildman–Crippen LogP) is 4.53. The lowest BCUT2D eigenvalue weighted by Gasteiger charge is -2.19. The Morgan fingerprint density at radius 2 is 2.00 bits per heavy atom. The van der Waals surface area contributed by atoms with E-state index in [9.17, 15) is 14.0 Å². The maximum Gasteiger partial charge on any atom is 0.285 e. The van der Waals surface area contributed by atoms with Crippen LogP contribution in [0.5, 0.6) is 5.88 Å². The minimum Gasteiger partial charge on any atom is -0.472 e. The number of rotatable bonds is 6. The standard InChI is InChI=1S/C26H21ClFN5O3/c27-24-22(14-30-32-26(24)35)33-11-9-19(15-33)36-23-12-17(8-10-29-23)20-7-6-18(13-21(20)28)31-25(34)16-4-2-1-3-5-16/h1-8,10,12-14,19H,9,11,15H2,(H,31,34)(H,32,35). The number of carbonyl (C=O) groups is 1. The molecule has 0 spiro atoms. The Hall–Kier alpha value is -4.24. The van der Waals surface area contributed by atoms with Crippen LogP contribution < -0.4 is 20.5 Å². The van der Waals surface area contributed by atoms with E-state index < -0.39 is 11.4 Å². The highest BCUT2D eigenvalue weighted by molar-refractivity contribution is 6.33. The lowest BCUT2D eigenvalue weighted by molar-refractivity contribution is 0.102. The van der Waals surface area contributed by atoms with E-state index in [-0.39, 0.29) is 17.0 Å². The number of nitrogens with one attached hydrogen (secondary N) is 2. The van der Waals surface area contributed by atoms with E-state index in [0.717, 1.165) is 0 Å². The van der Waals surface area contributed by atoms with Crippen LogP contribution in [-0.4, -0.2) is 40.3 Å². The highest BCUT2D eigenvalue weighted by atomic mass is 35.5. The molecule has 1 atom stereocenters. The summed E-state index contributed by atoms with van der Waals surface area (Å²) in [6.07, 6.45) is 3.57. The maximum absolute atomic E-state index is 15.0. The first-order valence-corrected chi connectivity index (χ1v) is 11.6. The number of ether oxygens (including phenoxy) is 1. The highest BCUT2D eigenvalue weighted by Gasteiger charge is 2.27. The van der Waals surface area contributed by atoms with Gasteiger partial charge in [0, 0.05) is 42.0 Å². The molecule has 1 unspecified atom stereocenters. The smallest absolute Gasteiger partial charge is 0.285 e. The average Bonchev–Trinajstić information content (AvgIpc) is 3.34. The van der Waals surface area contributed by atoms with Crippen molar-refractivity contribution in [1.29, 1.82) is 0 Å². The Labute approximate surface area is 210 Å². The third-order valence-electron chi connectivity index (χ3n) is 5.86. The van der Waals surface area contributed by atoms with Crippen molar-refractivity contribution in [3.63, 3.8) is 0 Å². The monoisotopic (exact) mass is 505 g/mol. The van der Waals surface area contributed by atoms with E-state index in [2.05, 4.69) is 20.5 Å². The molecule has 10 heteroatoms. The average molecular weight is 506 g/mol. The zero-order chi connectivity index (χ0) is 25.1. The number of anilines is 2. The van der Waals surface area contributed by atoms with E-state index in [0.29, 0.717) is 53.5 Å². The van der Waals surface area contributed by atoms with Crippen LogP contribution in [0.1, 0.15) is 16.8 Å². The number of benzene rings is 2.